The highest BCUT2D eigenvalue weighted by atomic mass is 35.5. The third-order valence-corrected chi connectivity index (χ3v) is 4.50. The van der Waals surface area contributed by atoms with E-state index in [1.807, 2.05) is 0 Å². The summed E-state index contributed by atoms with van der Waals surface area (Å²) in [5.41, 5.74) is -0.0418. The first kappa shape index (κ1) is 16.9. The second kappa shape index (κ2) is 6.53. The van der Waals surface area contributed by atoms with E-state index in [1.54, 1.807) is 6.92 Å². The molecule has 8 heteroatoms. The topological polar surface area (TPSA) is 104 Å². The second-order valence-electron chi connectivity index (χ2n) is 4.42. The van der Waals surface area contributed by atoms with E-state index in [4.69, 9.17) is 21.8 Å². The first-order valence-electron chi connectivity index (χ1n) is 5.86. The van der Waals surface area contributed by atoms with Gasteiger partial charge in [-0.3, -0.25) is 0 Å². The Labute approximate surface area is 122 Å². The van der Waals surface area contributed by atoms with Gasteiger partial charge in [0.2, 0.25) is 10.0 Å². The fourth-order valence-corrected chi connectivity index (χ4v) is 3.26. The van der Waals surface area contributed by atoms with Crippen molar-refractivity contribution in [3.63, 3.8) is 0 Å². The smallest absolute Gasteiger partial charge is 0.336 e. The van der Waals surface area contributed by atoms with Gasteiger partial charge >= 0.3 is 5.97 Å². The minimum Gasteiger partial charge on any atom is -0.478 e. The summed E-state index contributed by atoms with van der Waals surface area (Å²) in [5, 5.41) is 18.2. The minimum atomic E-state index is -3.87. The average molecular weight is 322 g/mol. The Balaban J connectivity index is 3.15. The van der Waals surface area contributed by atoms with Gasteiger partial charge in [0.15, 0.2) is 0 Å². The molecule has 1 unspecified atom stereocenters. The van der Waals surface area contributed by atoms with Crippen LogP contribution in [0.3, 0.4) is 0 Å². The lowest BCUT2D eigenvalue weighted by Crippen LogP contribution is -2.27. The molecular formula is C12H16ClNO5S. The molecular weight excluding hydrogens is 306 g/mol. The van der Waals surface area contributed by atoms with Crippen LogP contribution in [0.4, 0.5) is 0 Å². The van der Waals surface area contributed by atoms with Gasteiger partial charge in [0.1, 0.15) is 0 Å². The lowest BCUT2D eigenvalue weighted by atomic mass is 10.1. The lowest BCUT2D eigenvalue weighted by Gasteiger charge is -2.12. The van der Waals surface area contributed by atoms with Crippen molar-refractivity contribution in [3.05, 3.63) is 28.3 Å². The third kappa shape index (κ3) is 4.17. The number of hydrogen-bond acceptors (Lipinski definition) is 4. The van der Waals surface area contributed by atoms with Gasteiger partial charge in [0.25, 0.3) is 0 Å². The van der Waals surface area contributed by atoms with Gasteiger partial charge in [-0.25, -0.2) is 17.9 Å². The van der Waals surface area contributed by atoms with Crippen LogP contribution in [-0.4, -0.2) is 37.2 Å². The van der Waals surface area contributed by atoms with E-state index in [9.17, 15) is 13.2 Å². The molecule has 0 fully saturated rings. The molecule has 0 bridgehead atoms. The highest BCUT2D eigenvalue weighted by molar-refractivity contribution is 7.89. The second-order valence-corrected chi connectivity index (χ2v) is 6.59. The van der Waals surface area contributed by atoms with Gasteiger partial charge < -0.3 is 10.2 Å². The molecule has 6 nitrogen and oxygen atoms in total. The fourth-order valence-electron chi connectivity index (χ4n) is 1.64. The van der Waals surface area contributed by atoms with Crippen molar-refractivity contribution in [3.8, 4) is 0 Å². The maximum absolute atomic E-state index is 12.1. The highest BCUT2D eigenvalue weighted by Crippen LogP contribution is 2.24. The van der Waals surface area contributed by atoms with Crippen molar-refractivity contribution in [1.82, 2.24) is 4.72 Å². The van der Waals surface area contributed by atoms with Crippen LogP contribution in [0.1, 0.15) is 29.3 Å². The molecule has 0 saturated heterocycles. The van der Waals surface area contributed by atoms with Crippen molar-refractivity contribution in [2.75, 3.05) is 6.54 Å². The van der Waals surface area contributed by atoms with Gasteiger partial charge in [-0.2, -0.15) is 0 Å². The van der Waals surface area contributed by atoms with Crippen molar-refractivity contribution >= 4 is 27.6 Å². The summed E-state index contributed by atoms with van der Waals surface area (Å²) in [4.78, 5) is 10.9. The van der Waals surface area contributed by atoms with E-state index in [1.165, 1.54) is 19.1 Å². The van der Waals surface area contributed by atoms with Crippen LogP contribution in [0.15, 0.2) is 17.0 Å². The zero-order valence-corrected chi connectivity index (χ0v) is 12.6. The quantitative estimate of drug-likeness (QED) is 0.734. The number of carbonyl (C=O) groups is 1. The van der Waals surface area contributed by atoms with Crippen LogP contribution in [0.2, 0.25) is 5.02 Å². The standard InChI is InChI=1S/C12H16ClNO5S/c1-7(15)3-4-14-20(18,19)11-6-9(13)5-10(8(11)2)12(16)17/h5-7,14-15H,3-4H2,1-2H3,(H,16,17). The van der Waals surface area contributed by atoms with Crippen LogP contribution in [0, 0.1) is 6.92 Å². The maximum atomic E-state index is 12.1. The van der Waals surface area contributed by atoms with Crippen LogP contribution >= 0.6 is 11.6 Å². The fraction of sp³-hybridized carbons (Fsp3) is 0.417. The zero-order chi connectivity index (χ0) is 15.5. The van der Waals surface area contributed by atoms with Gasteiger partial charge in [0.05, 0.1) is 16.6 Å². The van der Waals surface area contributed by atoms with Crippen LogP contribution < -0.4 is 4.72 Å². The van der Waals surface area contributed by atoms with E-state index in [0.29, 0.717) is 0 Å². The summed E-state index contributed by atoms with van der Waals surface area (Å²) in [7, 11) is -3.87. The first-order valence-corrected chi connectivity index (χ1v) is 7.72. The van der Waals surface area contributed by atoms with E-state index in [0.717, 1.165) is 0 Å². The number of benzene rings is 1. The molecule has 0 amide bonds. The molecule has 0 aromatic heterocycles. The molecule has 0 radical (unpaired) electrons. The number of aliphatic hydroxyl groups is 1. The summed E-state index contributed by atoms with van der Waals surface area (Å²) in [5.74, 6) is -1.24. The first-order chi connectivity index (χ1) is 9.15. The number of sulfonamides is 1. The van der Waals surface area contributed by atoms with E-state index < -0.39 is 22.1 Å². The molecule has 1 aromatic rings. The molecule has 1 atom stereocenters. The number of hydrogen-bond donors (Lipinski definition) is 3. The molecule has 1 aromatic carbocycles. The van der Waals surface area contributed by atoms with Crippen LogP contribution in [0.5, 0.6) is 0 Å². The van der Waals surface area contributed by atoms with Crippen molar-refractivity contribution in [2.24, 2.45) is 0 Å². The van der Waals surface area contributed by atoms with Crippen LogP contribution in [-0.2, 0) is 10.0 Å². The minimum absolute atomic E-state index is 0.0314. The molecule has 0 aliphatic rings. The Hall–Kier alpha value is -1.15. The number of halogens is 1. The van der Waals surface area contributed by atoms with Crippen molar-refractivity contribution < 1.29 is 23.4 Å². The molecule has 0 aliphatic heterocycles. The predicted octanol–water partition coefficient (Wildman–Crippen LogP) is 1.40. The molecule has 112 valence electrons. The summed E-state index contributed by atoms with van der Waals surface area (Å²) in [6.07, 6.45) is -0.377. The summed E-state index contributed by atoms with van der Waals surface area (Å²) in [6, 6.07) is 2.40. The molecule has 0 spiro atoms. The van der Waals surface area contributed by atoms with Crippen molar-refractivity contribution in [2.45, 2.75) is 31.3 Å². The zero-order valence-electron chi connectivity index (χ0n) is 11.1. The normalized spacial score (nSPS) is 13.2. The molecule has 3 N–H and O–H groups in total. The summed E-state index contributed by atoms with van der Waals surface area (Å²) < 4.78 is 26.5. The average Bonchev–Trinajstić information content (AvgIpc) is 2.30. The van der Waals surface area contributed by atoms with E-state index in [-0.39, 0.29) is 34.0 Å². The molecule has 0 heterocycles. The Bertz CT molecular complexity index is 613. The molecule has 0 aliphatic carbocycles. The molecule has 20 heavy (non-hydrogen) atoms. The van der Waals surface area contributed by atoms with Crippen LogP contribution in [0.25, 0.3) is 0 Å². The lowest BCUT2D eigenvalue weighted by molar-refractivity contribution is 0.0695. The SMILES string of the molecule is Cc1c(C(=O)O)cc(Cl)cc1S(=O)(=O)NCCC(C)O. The largest absolute Gasteiger partial charge is 0.478 e. The molecule has 1 rings (SSSR count). The number of aliphatic hydroxyl groups excluding tert-OH is 1. The summed E-state index contributed by atoms with van der Waals surface area (Å²) in [6.45, 7) is 3.00. The number of carboxylic acid groups (broad SMARTS) is 1. The third-order valence-electron chi connectivity index (χ3n) is 2.70. The monoisotopic (exact) mass is 321 g/mol. The highest BCUT2D eigenvalue weighted by Gasteiger charge is 2.21. The Kier molecular flexibility index (Phi) is 5.52. The molecule has 0 saturated carbocycles. The van der Waals surface area contributed by atoms with E-state index in [2.05, 4.69) is 4.72 Å². The Morgan fingerprint density at radius 3 is 2.55 bits per heavy atom. The maximum Gasteiger partial charge on any atom is 0.336 e. The number of rotatable bonds is 6. The van der Waals surface area contributed by atoms with Gasteiger partial charge in [-0.1, -0.05) is 11.6 Å². The number of aromatic carboxylic acids is 1. The summed E-state index contributed by atoms with van der Waals surface area (Å²) >= 11 is 5.76. The number of nitrogens with one attached hydrogen (secondary N) is 1. The Morgan fingerprint density at radius 1 is 1.45 bits per heavy atom. The van der Waals surface area contributed by atoms with E-state index >= 15 is 0 Å². The van der Waals surface area contributed by atoms with Gasteiger partial charge in [-0.15, -0.1) is 0 Å². The predicted molar refractivity (Wildman–Crippen MR) is 74.6 cm³/mol. The van der Waals surface area contributed by atoms with Gasteiger partial charge in [-0.05, 0) is 38.0 Å². The Morgan fingerprint density at radius 2 is 2.05 bits per heavy atom. The van der Waals surface area contributed by atoms with Gasteiger partial charge in [0, 0.05) is 11.6 Å². The number of carboxylic acids is 1. The van der Waals surface area contributed by atoms with Crippen molar-refractivity contribution in [1.29, 1.82) is 0 Å².